The molecule has 8 heteroatoms. The van der Waals surface area contributed by atoms with Crippen molar-refractivity contribution in [1.29, 1.82) is 0 Å². The van der Waals surface area contributed by atoms with Crippen molar-refractivity contribution >= 4 is 39.6 Å². The molecule has 0 aliphatic rings. The average Bonchev–Trinajstić information content (AvgIpc) is 2.40. The number of carboxylic acids is 1. The lowest BCUT2D eigenvalue weighted by molar-refractivity contribution is -0.141. The SMILES string of the molecule is CC(=O)NC(CCSCc1c(F)ccc(Br)c1F)C(=O)O. The van der Waals surface area contributed by atoms with E-state index < -0.39 is 29.6 Å². The molecular weight excluding hydrogens is 368 g/mol. The molecule has 1 unspecified atom stereocenters. The lowest BCUT2D eigenvalue weighted by atomic mass is 10.2. The molecule has 1 atom stereocenters. The second-order valence-corrected chi connectivity index (χ2v) is 6.21. The minimum atomic E-state index is -1.13. The molecule has 0 fully saturated rings. The smallest absolute Gasteiger partial charge is 0.326 e. The van der Waals surface area contributed by atoms with Crippen molar-refractivity contribution in [1.82, 2.24) is 5.32 Å². The quantitative estimate of drug-likeness (QED) is 0.562. The van der Waals surface area contributed by atoms with Crippen molar-refractivity contribution in [2.75, 3.05) is 5.75 Å². The van der Waals surface area contributed by atoms with Crippen LogP contribution in [0.1, 0.15) is 18.9 Å². The Morgan fingerprint density at radius 1 is 1.43 bits per heavy atom. The molecule has 0 bridgehead atoms. The number of benzene rings is 1. The highest BCUT2D eigenvalue weighted by molar-refractivity contribution is 9.10. The van der Waals surface area contributed by atoms with Gasteiger partial charge in [0.15, 0.2) is 0 Å². The maximum absolute atomic E-state index is 13.7. The first-order chi connectivity index (χ1) is 9.82. The Balaban J connectivity index is 2.52. The number of nitrogens with one attached hydrogen (secondary N) is 1. The molecule has 1 rings (SSSR count). The minimum Gasteiger partial charge on any atom is -0.480 e. The zero-order chi connectivity index (χ0) is 16.0. The summed E-state index contributed by atoms with van der Waals surface area (Å²) in [5, 5.41) is 11.2. The molecule has 0 saturated heterocycles. The lowest BCUT2D eigenvalue weighted by Gasteiger charge is -2.13. The van der Waals surface area contributed by atoms with Crippen molar-refractivity contribution in [3.8, 4) is 0 Å². The van der Waals surface area contributed by atoms with E-state index >= 15 is 0 Å². The number of hydrogen-bond donors (Lipinski definition) is 2. The molecule has 1 aromatic rings. The van der Waals surface area contributed by atoms with Gasteiger partial charge in [0.2, 0.25) is 5.91 Å². The highest BCUT2D eigenvalue weighted by Crippen LogP contribution is 2.25. The van der Waals surface area contributed by atoms with Crippen LogP contribution in [0.2, 0.25) is 0 Å². The molecule has 0 radical (unpaired) electrons. The van der Waals surface area contributed by atoms with Crippen LogP contribution >= 0.6 is 27.7 Å². The van der Waals surface area contributed by atoms with E-state index in [1.165, 1.54) is 30.8 Å². The van der Waals surface area contributed by atoms with E-state index in [9.17, 15) is 18.4 Å². The number of carbonyl (C=O) groups excluding carboxylic acids is 1. The van der Waals surface area contributed by atoms with E-state index in [1.54, 1.807) is 0 Å². The topological polar surface area (TPSA) is 66.4 Å². The average molecular weight is 382 g/mol. The largest absolute Gasteiger partial charge is 0.480 e. The van der Waals surface area contributed by atoms with Gasteiger partial charge in [-0.2, -0.15) is 11.8 Å². The van der Waals surface area contributed by atoms with Crippen LogP contribution in [0.4, 0.5) is 8.78 Å². The van der Waals surface area contributed by atoms with Gasteiger partial charge in [-0.05, 0) is 40.2 Å². The fourth-order valence-corrected chi connectivity index (χ4v) is 2.97. The number of thioether (sulfide) groups is 1. The predicted molar refractivity (Wildman–Crippen MR) is 80.1 cm³/mol. The van der Waals surface area contributed by atoms with Crippen LogP contribution in [-0.2, 0) is 15.3 Å². The molecule has 0 aliphatic heterocycles. The van der Waals surface area contributed by atoms with Gasteiger partial charge in [-0.25, -0.2) is 13.6 Å². The summed E-state index contributed by atoms with van der Waals surface area (Å²) in [6.07, 6.45) is 0.177. The number of hydrogen-bond acceptors (Lipinski definition) is 3. The number of rotatable bonds is 7. The van der Waals surface area contributed by atoms with Crippen molar-refractivity contribution in [3.63, 3.8) is 0 Å². The van der Waals surface area contributed by atoms with E-state index in [1.807, 2.05) is 0 Å². The second-order valence-electron chi connectivity index (χ2n) is 4.25. The molecule has 21 heavy (non-hydrogen) atoms. The van der Waals surface area contributed by atoms with Crippen molar-refractivity contribution in [2.45, 2.75) is 25.1 Å². The molecule has 0 aliphatic carbocycles. The Labute approximate surface area is 133 Å². The van der Waals surface area contributed by atoms with Gasteiger partial charge in [-0.3, -0.25) is 4.79 Å². The molecule has 1 aromatic carbocycles. The van der Waals surface area contributed by atoms with Crippen LogP contribution in [0.15, 0.2) is 16.6 Å². The summed E-state index contributed by atoms with van der Waals surface area (Å²) in [5.74, 6) is -2.42. The molecule has 116 valence electrons. The van der Waals surface area contributed by atoms with Gasteiger partial charge < -0.3 is 10.4 Å². The summed E-state index contributed by atoms with van der Waals surface area (Å²) < 4.78 is 27.4. The van der Waals surface area contributed by atoms with Gasteiger partial charge in [0.25, 0.3) is 0 Å². The van der Waals surface area contributed by atoms with E-state index in [-0.39, 0.29) is 22.2 Å². The van der Waals surface area contributed by atoms with E-state index in [0.29, 0.717) is 5.75 Å². The third-order valence-corrected chi connectivity index (χ3v) is 4.24. The summed E-state index contributed by atoms with van der Waals surface area (Å²) in [6.45, 7) is 1.23. The van der Waals surface area contributed by atoms with Crippen molar-refractivity contribution in [2.24, 2.45) is 0 Å². The monoisotopic (exact) mass is 381 g/mol. The van der Waals surface area contributed by atoms with Crippen LogP contribution in [0.3, 0.4) is 0 Å². The normalized spacial score (nSPS) is 12.0. The van der Waals surface area contributed by atoms with Gasteiger partial charge in [0.1, 0.15) is 17.7 Å². The fourth-order valence-electron chi connectivity index (χ4n) is 1.58. The molecule has 0 aromatic heterocycles. The molecule has 2 N–H and O–H groups in total. The maximum Gasteiger partial charge on any atom is 0.326 e. The summed E-state index contributed by atoms with van der Waals surface area (Å²) in [5.41, 5.74) is -0.0548. The third-order valence-electron chi connectivity index (χ3n) is 2.61. The van der Waals surface area contributed by atoms with Gasteiger partial charge in [-0.15, -0.1) is 0 Å². The Morgan fingerprint density at radius 3 is 2.67 bits per heavy atom. The highest BCUT2D eigenvalue weighted by Gasteiger charge is 2.18. The minimum absolute atomic E-state index is 0.0548. The number of aliphatic carboxylic acids is 1. The number of carboxylic acid groups (broad SMARTS) is 1. The van der Waals surface area contributed by atoms with Crippen molar-refractivity contribution < 1.29 is 23.5 Å². The van der Waals surface area contributed by atoms with Gasteiger partial charge in [0.05, 0.1) is 4.47 Å². The van der Waals surface area contributed by atoms with Gasteiger partial charge in [0, 0.05) is 18.2 Å². The Morgan fingerprint density at radius 2 is 2.10 bits per heavy atom. The molecule has 0 heterocycles. The van der Waals surface area contributed by atoms with E-state index in [2.05, 4.69) is 21.2 Å². The summed E-state index contributed by atoms with van der Waals surface area (Å²) in [4.78, 5) is 21.8. The molecule has 0 spiro atoms. The van der Waals surface area contributed by atoms with Crippen LogP contribution in [0.25, 0.3) is 0 Å². The van der Waals surface area contributed by atoms with Crippen LogP contribution in [-0.4, -0.2) is 28.8 Å². The van der Waals surface area contributed by atoms with Crippen LogP contribution in [0, 0.1) is 11.6 Å². The Kier molecular flexibility index (Phi) is 7.10. The lowest BCUT2D eigenvalue weighted by Crippen LogP contribution is -2.39. The first kappa shape index (κ1) is 17.9. The molecular formula is C13H14BrF2NO3S. The van der Waals surface area contributed by atoms with Crippen LogP contribution < -0.4 is 5.32 Å². The van der Waals surface area contributed by atoms with Gasteiger partial charge in [-0.1, -0.05) is 0 Å². The van der Waals surface area contributed by atoms with Crippen molar-refractivity contribution in [3.05, 3.63) is 33.8 Å². The Bertz CT molecular complexity index is 542. The predicted octanol–water partition coefficient (Wildman–Crippen LogP) is 2.94. The summed E-state index contributed by atoms with van der Waals surface area (Å²) in [7, 11) is 0. The summed E-state index contributed by atoms with van der Waals surface area (Å²) in [6, 6.07) is 1.46. The first-order valence-corrected chi connectivity index (χ1v) is 7.97. The van der Waals surface area contributed by atoms with Gasteiger partial charge >= 0.3 is 5.97 Å². The van der Waals surface area contributed by atoms with E-state index in [4.69, 9.17) is 5.11 Å². The number of carbonyl (C=O) groups is 2. The van der Waals surface area contributed by atoms with Crippen LogP contribution in [0.5, 0.6) is 0 Å². The Hall–Kier alpha value is -1.15. The summed E-state index contributed by atoms with van der Waals surface area (Å²) >= 11 is 4.18. The van der Waals surface area contributed by atoms with E-state index in [0.717, 1.165) is 0 Å². The first-order valence-electron chi connectivity index (χ1n) is 6.03. The number of halogens is 3. The second kappa shape index (κ2) is 8.33. The molecule has 4 nitrogen and oxygen atoms in total. The third kappa shape index (κ3) is 5.62. The zero-order valence-electron chi connectivity index (χ0n) is 11.2. The fraction of sp³-hybridized carbons (Fsp3) is 0.385. The molecule has 1 amide bonds. The standard InChI is InChI=1S/C13H14BrF2NO3S/c1-7(18)17-11(13(19)20)4-5-21-6-8-10(15)3-2-9(14)12(8)16/h2-3,11H,4-6H2,1H3,(H,17,18)(H,19,20). The zero-order valence-corrected chi connectivity index (χ0v) is 13.6. The maximum atomic E-state index is 13.7. The molecule has 0 saturated carbocycles. The number of amides is 1. The highest BCUT2D eigenvalue weighted by atomic mass is 79.9.